The SMILES string of the molecule is Cc1c(C(=O)NC2CC(C(=O)O)C2)cn(-c2cc(C(C)(C)C)cc(C3(C)CC3)c2)c1CC1CCCCC1. The van der Waals surface area contributed by atoms with Crippen LogP contribution in [0.1, 0.15) is 118 Å². The van der Waals surface area contributed by atoms with Gasteiger partial charge < -0.3 is 15.0 Å². The van der Waals surface area contributed by atoms with E-state index in [0.29, 0.717) is 18.8 Å². The van der Waals surface area contributed by atoms with Crippen molar-refractivity contribution in [3.63, 3.8) is 0 Å². The first kappa shape index (κ1) is 26.1. The van der Waals surface area contributed by atoms with E-state index in [-0.39, 0.29) is 28.7 Å². The van der Waals surface area contributed by atoms with E-state index in [9.17, 15) is 14.7 Å². The van der Waals surface area contributed by atoms with E-state index in [0.717, 1.165) is 23.2 Å². The lowest BCUT2D eigenvalue weighted by molar-refractivity contribution is -0.145. The molecule has 2 aromatic rings. The molecule has 3 fully saturated rings. The van der Waals surface area contributed by atoms with Gasteiger partial charge in [-0.15, -0.1) is 0 Å². The van der Waals surface area contributed by atoms with Crippen molar-refractivity contribution in [1.82, 2.24) is 9.88 Å². The quantitative estimate of drug-likeness (QED) is 0.433. The predicted octanol–water partition coefficient (Wildman–Crippen LogP) is 6.85. The van der Waals surface area contributed by atoms with Crippen LogP contribution in [-0.2, 0) is 22.0 Å². The molecule has 1 aromatic carbocycles. The van der Waals surface area contributed by atoms with Crippen LogP contribution < -0.4 is 5.32 Å². The third-order valence-corrected chi connectivity index (χ3v) is 9.42. The van der Waals surface area contributed by atoms with Crippen molar-refractivity contribution in [1.29, 1.82) is 0 Å². The number of benzene rings is 1. The fraction of sp³-hybridized carbons (Fsp3) is 0.625. The minimum Gasteiger partial charge on any atom is -0.481 e. The average Bonchev–Trinajstić information content (AvgIpc) is 3.50. The Labute approximate surface area is 222 Å². The van der Waals surface area contributed by atoms with Crippen LogP contribution in [0.2, 0.25) is 0 Å². The number of carboxylic acids is 1. The molecule has 0 saturated heterocycles. The Morgan fingerprint density at radius 1 is 1.08 bits per heavy atom. The van der Waals surface area contributed by atoms with Gasteiger partial charge in [0, 0.05) is 23.6 Å². The predicted molar refractivity (Wildman–Crippen MR) is 148 cm³/mol. The number of hydrogen-bond acceptors (Lipinski definition) is 2. The molecule has 1 aromatic heterocycles. The van der Waals surface area contributed by atoms with Gasteiger partial charge >= 0.3 is 5.97 Å². The van der Waals surface area contributed by atoms with Crippen LogP contribution in [0.25, 0.3) is 5.69 Å². The van der Waals surface area contributed by atoms with Crippen molar-refractivity contribution >= 4 is 11.9 Å². The zero-order valence-electron chi connectivity index (χ0n) is 23.3. The summed E-state index contributed by atoms with van der Waals surface area (Å²) in [6.07, 6.45) is 13.0. The molecule has 3 aliphatic carbocycles. The van der Waals surface area contributed by atoms with Gasteiger partial charge in [-0.3, -0.25) is 9.59 Å². The van der Waals surface area contributed by atoms with Gasteiger partial charge in [-0.05, 0) is 84.6 Å². The Hall–Kier alpha value is -2.56. The smallest absolute Gasteiger partial charge is 0.306 e. The maximum atomic E-state index is 13.4. The highest BCUT2D eigenvalue weighted by Gasteiger charge is 2.40. The molecule has 0 radical (unpaired) electrons. The highest BCUT2D eigenvalue weighted by atomic mass is 16.4. The summed E-state index contributed by atoms with van der Waals surface area (Å²) in [5.74, 6) is -0.510. The number of aromatic nitrogens is 1. The van der Waals surface area contributed by atoms with E-state index in [1.807, 2.05) is 0 Å². The third-order valence-electron chi connectivity index (χ3n) is 9.42. The molecule has 37 heavy (non-hydrogen) atoms. The lowest BCUT2D eigenvalue weighted by Crippen LogP contribution is -2.46. The lowest BCUT2D eigenvalue weighted by Gasteiger charge is -2.32. The second-order valence-corrected chi connectivity index (χ2v) is 13.4. The van der Waals surface area contributed by atoms with Crippen LogP contribution in [-0.4, -0.2) is 27.6 Å². The number of aliphatic carboxylic acids is 1. The number of carboxylic acid groups (broad SMARTS) is 1. The van der Waals surface area contributed by atoms with Crippen molar-refractivity contribution in [3.05, 3.63) is 52.3 Å². The molecule has 5 rings (SSSR count). The molecule has 0 bridgehead atoms. The van der Waals surface area contributed by atoms with Crippen molar-refractivity contribution in [2.24, 2.45) is 11.8 Å². The Kier molecular flexibility index (Phi) is 6.79. The molecule has 0 atom stereocenters. The number of rotatable bonds is 7. The average molecular weight is 505 g/mol. The number of carbonyl (C=O) groups is 2. The van der Waals surface area contributed by atoms with Gasteiger partial charge in [0.15, 0.2) is 0 Å². The Bertz CT molecular complexity index is 1160. The zero-order chi connectivity index (χ0) is 26.5. The fourth-order valence-electron chi connectivity index (χ4n) is 6.22. The Balaban J connectivity index is 1.52. The van der Waals surface area contributed by atoms with Gasteiger partial charge in [-0.2, -0.15) is 0 Å². The van der Waals surface area contributed by atoms with Gasteiger partial charge in [-0.1, -0.05) is 65.9 Å². The first-order valence-electron chi connectivity index (χ1n) is 14.4. The second kappa shape index (κ2) is 9.63. The third kappa shape index (κ3) is 5.37. The first-order chi connectivity index (χ1) is 17.4. The Morgan fingerprint density at radius 2 is 1.76 bits per heavy atom. The molecule has 0 aliphatic heterocycles. The van der Waals surface area contributed by atoms with Crippen LogP contribution in [0.5, 0.6) is 0 Å². The number of hydrogen-bond donors (Lipinski definition) is 2. The molecular formula is C32H44N2O3. The van der Waals surface area contributed by atoms with Crippen LogP contribution in [0.15, 0.2) is 24.4 Å². The number of nitrogens with zero attached hydrogens (tertiary/aromatic N) is 1. The minimum absolute atomic E-state index is 0.0346. The van der Waals surface area contributed by atoms with Gasteiger partial charge in [-0.25, -0.2) is 0 Å². The minimum atomic E-state index is -0.763. The summed E-state index contributed by atoms with van der Waals surface area (Å²) >= 11 is 0. The molecule has 2 N–H and O–H groups in total. The summed E-state index contributed by atoms with van der Waals surface area (Å²) in [6.45, 7) is 11.3. The molecule has 3 saturated carbocycles. The Morgan fingerprint density at radius 3 is 2.35 bits per heavy atom. The maximum absolute atomic E-state index is 13.4. The maximum Gasteiger partial charge on any atom is 0.306 e. The largest absolute Gasteiger partial charge is 0.481 e. The molecule has 0 unspecified atom stereocenters. The molecule has 200 valence electrons. The first-order valence-corrected chi connectivity index (χ1v) is 14.4. The van der Waals surface area contributed by atoms with Crippen molar-refractivity contribution < 1.29 is 14.7 Å². The topological polar surface area (TPSA) is 71.3 Å². The van der Waals surface area contributed by atoms with Crippen LogP contribution in [0.3, 0.4) is 0 Å². The van der Waals surface area contributed by atoms with Gasteiger partial charge in [0.2, 0.25) is 0 Å². The second-order valence-electron chi connectivity index (χ2n) is 13.4. The molecule has 1 amide bonds. The molecule has 3 aliphatic rings. The van der Waals surface area contributed by atoms with Gasteiger partial charge in [0.25, 0.3) is 5.91 Å². The molecule has 0 spiro atoms. The number of amides is 1. The normalized spacial score (nSPS) is 23.4. The summed E-state index contributed by atoms with van der Waals surface area (Å²) in [4.78, 5) is 24.6. The summed E-state index contributed by atoms with van der Waals surface area (Å²) < 4.78 is 2.31. The van der Waals surface area contributed by atoms with Crippen molar-refractivity contribution in [2.45, 2.75) is 116 Å². The van der Waals surface area contributed by atoms with E-state index in [1.54, 1.807) is 0 Å². The van der Waals surface area contributed by atoms with Crippen LogP contribution in [0, 0.1) is 18.8 Å². The summed E-state index contributed by atoms with van der Waals surface area (Å²) in [5.41, 5.74) is 7.25. The highest BCUT2D eigenvalue weighted by Crippen LogP contribution is 2.49. The number of nitrogens with one attached hydrogen (secondary N) is 1. The molecule has 5 heteroatoms. The fourth-order valence-corrected chi connectivity index (χ4v) is 6.22. The summed E-state index contributed by atoms with van der Waals surface area (Å²) in [7, 11) is 0. The highest BCUT2D eigenvalue weighted by molar-refractivity contribution is 5.96. The van der Waals surface area contributed by atoms with Crippen LogP contribution in [0.4, 0.5) is 0 Å². The van der Waals surface area contributed by atoms with Gasteiger partial charge in [0.05, 0.1) is 11.5 Å². The van der Waals surface area contributed by atoms with E-state index in [4.69, 9.17) is 0 Å². The molecule has 5 nitrogen and oxygen atoms in total. The van der Waals surface area contributed by atoms with E-state index < -0.39 is 5.97 Å². The summed E-state index contributed by atoms with van der Waals surface area (Å²) in [6, 6.07) is 7.03. The summed E-state index contributed by atoms with van der Waals surface area (Å²) in [5, 5.41) is 12.3. The standard InChI is InChI=1S/C32H44N2O3/c1-20-27(29(35)33-25-14-22(15-25)30(36)37)19-34(28(20)13-21-9-7-6-8-10-21)26-17-23(31(2,3)4)16-24(18-26)32(5)11-12-32/h16-19,21-22,25H,6-15H2,1-5H3,(H,33,35)(H,36,37). The van der Waals surface area contributed by atoms with E-state index in [2.05, 4.69) is 68.9 Å². The van der Waals surface area contributed by atoms with Crippen molar-refractivity contribution in [2.75, 3.05) is 0 Å². The van der Waals surface area contributed by atoms with Gasteiger partial charge in [0.1, 0.15) is 0 Å². The molecular weight excluding hydrogens is 460 g/mol. The lowest BCUT2D eigenvalue weighted by atomic mass is 9.80. The van der Waals surface area contributed by atoms with E-state index in [1.165, 1.54) is 61.8 Å². The van der Waals surface area contributed by atoms with E-state index >= 15 is 0 Å². The van der Waals surface area contributed by atoms with Crippen molar-refractivity contribution in [3.8, 4) is 5.69 Å². The molecule has 1 heterocycles. The van der Waals surface area contributed by atoms with Crippen LogP contribution >= 0.6 is 0 Å². The number of carbonyl (C=O) groups excluding carboxylic acids is 1. The monoisotopic (exact) mass is 504 g/mol. The zero-order valence-corrected chi connectivity index (χ0v) is 23.3.